The summed E-state index contributed by atoms with van der Waals surface area (Å²) in [7, 11) is 0. The van der Waals surface area contributed by atoms with E-state index in [0.717, 1.165) is 0 Å². The van der Waals surface area contributed by atoms with Gasteiger partial charge >= 0.3 is 0 Å². The van der Waals surface area contributed by atoms with E-state index in [0.29, 0.717) is 10.9 Å². The number of fused-ring (bicyclic) bond motifs is 1. The molecule has 1 atom stereocenters. The lowest BCUT2D eigenvalue weighted by atomic mass is 10.3. The highest BCUT2D eigenvalue weighted by atomic mass is 35.5. The maximum absolute atomic E-state index is 11.2. The minimum absolute atomic E-state index is 0.0317. The van der Waals surface area contributed by atoms with Gasteiger partial charge in [0.25, 0.3) is 5.56 Å². The van der Waals surface area contributed by atoms with Gasteiger partial charge in [-0.1, -0.05) is 11.8 Å². The van der Waals surface area contributed by atoms with Gasteiger partial charge in [0.15, 0.2) is 10.9 Å². The molecule has 0 bridgehead atoms. The van der Waals surface area contributed by atoms with E-state index >= 15 is 0 Å². The van der Waals surface area contributed by atoms with Gasteiger partial charge < -0.3 is 5.11 Å². The quantitative estimate of drug-likeness (QED) is 0.689. The maximum Gasteiger partial charge on any atom is 0.295 e. The molecular formula is C7H8ClN3O2S. The summed E-state index contributed by atoms with van der Waals surface area (Å²) in [5, 5.41) is 14.4. The second kappa shape index (κ2) is 3.22. The molecule has 0 unspecified atom stereocenters. The zero-order chi connectivity index (χ0) is 10.3. The van der Waals surface area contributed by atoms with Gasteiger partial charge in [0.05, 0.1) is 11.6 Å². The Morgan fingerprint density at radius 1 is 1.79 bits per heavy atom. The first-order valence-electron chi connectivity index (χ1n) is 3.96. The van der Waals surface area contributed by atoms with Crippen LogP contribution in [0.1, 0.15) is 5.69 Å². The van der Waals surface area contributed by atoms with E-state index in [-0.39, 0.29) is 17.1 Å². The van der Waals surface area contributed by atoms with Gasteiger partial charge in [-0.2, -0.15) is 10.1 Å². The molecule has 0 spiro atoms. The van der Waals surface area contributed by atoms with Gasteiger partial charge in [0.2, 0.25) is 0 Å². The molecule has 0 fully saturated rings. The predicted octanol–water partition coefficient (Wildman–Crippen LogP) is -0.0637. The maximum atomic E-state index is 11.2. The molecule has 1 aliphatic heterocycles. The molecule has 5 nitrogen and oxygen atoms in total. The van der Waals surface area contributed by atoms with Gasteiger partial charge in [0.1, 0.15) is 5.69 Å². The average molecular weight is 234 g/mol. The van der Waals surface area contributed by atoms with Crippen LogP contribution in [0.15, 0.2) is 9.95 Å². The van der Waals surface area contributed by atoms with Crippen molar-refractivity contribution >= 4 is 23.4 Å². The fourth-order valence-corrected chi connectivity index (χ4v) is 2.54. The zero-order valence-corrected chi connectivity index (χ0v) is 8.97. The summed E-state index contributed by atoms with van der Waals surface area (Å²) in [5.41, 5.74) is -1.31. The van der Waals surface area contributed by atoms with E-state index in [2.05, 4.69) is 10.1 Å². The van der Waals surface area contributed by atoms with Crippen LogP contribution in [0.4, 0.5) is 0 Å². The van der Waals surface area contributed by atoms with Crippen LogP contribution in [0.3, 0.4) is 0 Å². The second-order valence-corrected chi connectivity index (χ2v) is 4.31. The minimum atomic E-state index is -1.22. The number of thioether (sulfide) groups is 1. The van der Waals surface area contributed by atoms with Crippen molar-refractivity contribution in [3.63, 3.8) is 0 Å². The summed E-state index contributed by atoms with van der Waals surface area (Å²) < 4.78 is 1.32. The highest BCUT2D eigenvalue weighted by molar-refractivity contribution is 7.99. The summed E-state index contributed by atoms with van der Waals surface area (Å²) in [6.07, 6.45) is 0. The third kappa shape index (κ3) is 1.34. The van der Waals surface area contributed by atoms with Crippen LogP contribution in [0.25, 0.3) is 0 Å². The predicted molar refractivity (Wildman–Crippen MR) is 52.7 cm³/mol. The number of aromatic nitrogens is 3. The molecular weight excluding hydrogens is 226 g/mol. The third-order valence-corrected chi connectivity index (χ3v) is 3.54. The number of hydrogen-bond donors (Lipinski definition) is 1. The Morgan fingerprint density at radius 2 is 2.50 bits per heavy atom. The molecule has 0 amide bonds. The largest absolute Gasteiger partial charge is 0.367 e. The first kappa shape index (κ1) is 9.95. The van der Waals surface area contributed by atoms with Crippen LogP contribution >= 0.6 is 23.4 Å². The zero-order valence-electron chi connectivity index (χ0n) is 7.40. The van der Waals surface area contributed by atoms with Gasteiger partial charge in [-0.15, -0.1) is 11.6 Å². The lowest BCUT2D eigenvalue weighted by molar-refractivity contribution is -0.00740. The normalized spacial score (nSPS) is 25.1. The van der Waals surface area contributed by atoms with Crippen LogP contribution in [-0.4, -0.2) is 31.5 Å². The van der Waals surface area contributed by atoms with Gasteiger partial charge in [-0.05, 0) is 6.92 Å². The molecule has 1 N–H and O–H groups in total. The molecule has 2 rings (SSSR count). The summed E-state index contributed by atoms with van der Waals surface area (Å²) >= 11 is 6.92. The van der Waals surface area contributed by atoms with E-state index < -0.39 is 5.72 Å². The Kier molecular flexibility index (Phi) is 2.29. The number of nitrogens with zero attached hydrogens (tertiary/aromatic N) is 3. The Morgan fingerprint density at radius 3 is 3.14 bits per heavy atom. The molecule has 1 aromatic heterocycles. The van der Waals surface area contributed by atoms with Crippen LogP contribution < -0.4 is 5.56 Å². The van der Waals surface area contributed by atoms with Crippen molar-refractivity contribution in [2.24, 2.45) is 0 Å². The average Bonchev–Trinajstić information content (AvgIpc) is 2.47. The molecule has 76 valence electrons. The molecule has 0 radical (unpaired) electrons. The molecule has 0 aliphatic carbocycles. The smallest absolute Gasteiger partial charge is 0.295 e. The number of hydrogen-bond acceptors (Lipinski definition) is 5. The molecule has 0 saturated carbocycles. The number of alkyl halides is 1. The molecule has 7 heteroatoms. The number of halogens is 1. The van der Waals surface area contributed by atoms with Gasteiger partial charge in [0, 0.05) is 0 Å². The van der Waals surface area contributed by atoms with Crippen molar-refractivity contribution in [3.05, 3.63) is 16.0 Å². The molecule has 2 heterocycles. The standard InChI is InChI=1S/C7H8ClN3O2S/c1-4-5(12)9-6-11(10-4)7(13,2-8)3-14-6/h13H,2-3H2,1H3/t7-/m0/s1. The van der Waals surface area contributed by atoms with E-state index in [9.17, 15) is 9.90 Å². The monoisotopic (exact) mass is 233 g/mol. The van der Waals surface area contributed by atoms with Crippen molar-refractivity contribution in [1.82, 2.24) is 14.8 Å². The van der Waals surface area contributed by atoms with Crippen molar-refractivity contribution in [2.75, 3.05) is 11.6 Å². The SMILES string of the molecule is Cc1nn2c(nc1=O)SC[C@@]2(O)CCl. The number of aryl methyl sites for hydroxylation is 1. The van der Waals surface area contributed by atoms with E-state index in [1.54, 1.807) is 6.92 Å². The molecule has 0 saturated heterocycles. The Hall–Kier alpha value is -0.590. The van der Waals surface area contributed by atoms with Crippen molar-refractivity contribution in [2.45, 2.75) is 17.8 Å². The topological polar surface area (TPSA) is 68.0 Å². The van der Waals surface area contributed by atoms with Crippen LogP contribution in [0.2, 0.25) is 0 Å². The lowest BCUT2D eigenvalue weighted by Gasteiger charge is -2.20. The molecule has 0 aromatic carbocycles. The third-order valence-electron chi connectivity index (χ3n) is 1.98. The van der Waals surface area contributed by atoms with Gasteiger partial charge in [-0.25, -0.2) is 4.68 Å². The van der Waals surface area contributed by atoms with Crippen LogP contribution in [0.5, 0.6) is 0 Å². The highest BCUT2D eigenvalue weighted by Gasteiger charge is 2.38. The molecule has 1 aromatic rings. The van der Waals surface area contributed by atoms with Crippen molar-refractivity contribution < 1.29 is 5.11 Å². The van der Waals surface area contributed by atoms with E-state index in [1.807, 2.05) is 0 Å². The fraction of sp³-hybridized carbons (Fsp3) is 0.571. The van der Waals surface area contributed by atoms with Crippen molar-refractivity contribution in [3.8, 4) is 0 Å². The Balaban J connectivity index is 2.61. The number of rotatable bonds is 1. The summed E-state index contributed by atoms with van der Waals surface area (Å²) in [4.78, 5) is 14.9. The lowest BCUT2D eigenvalue weighted by Crippen LogP contribution is -2.38. The van der Waals surface area contributed by atoms with E-state index in [4.69, 9.17) is 11.6 Å². The minimum Gasteiger partial charge on any atom is -0.367 e. The van der Waals surface area contributed by atoms with Crippen LogP contribution in [0, 0.1) is 6.92 Å². The summed E-state index contributed by atoms with van der Waals surface area (Å²) in [5.74, 6) is 0.406. The first-order chi connectivity index (χ1) is 6.57. The summed E-state index contributed by atoms with van der Waals surface area (Å²) in [6, 6.07) is 0. The first-order valence-corrected chi connectivity index (χ1v) is 5.48. The fourth-order valence-electron chi connectivity index (χ4n) is 1.15. The highest BCUT2D eigenvalue weighted by Crippen LogP contribution is 2.33. The van der Waals surface area contributed by atoms with Crippen LogP contribution in [-0.2, 0) is 5.72 Å². The second-order valence-electron chi connectivity index (χ2n) is 3.10. The Bertz CT molecular complexity index is 435. The van der Waals surface area contributed by atoms with Gasteiger partial charge in [-0.3, -0.25) is 4.79 Å². The van der Waals surface area contributed by atoms with Crippen molar-refractivity contribution in [1.29, 1.82) is 0 Å². The molecule has 1 aliphatic rings. The number of aliphatic hydroxyl groups is 1. The Labute approximate surface area is 89.1 Å². The van der Waals surface area contributed by atoms with E-state index in [1.165, 1.54) is 16.4 Å². The molecule has 14 heavy (non-hydrogen) atoms. The summed E-state index contributed by atoms with van der Waals surface area (Å²) in [6.45, 7) is 1.56.